The summed E-state index contributed by atoms with van der Waals surface area (Å²) in [6.07, 6.45) is -1.53. The van der Waals surface area contributed by atoms with Gasteiger partial charge in [-0.3, -0.25) is 0 Å². The summed E-state index contributed by atoms with van der Waals surface area (Å²) < 4.78 is 0. The monoisotopic (exact) mass is 207 g/mol. The number of H-pyrrole nitrogens is 1. The minimum atomic E-state index is -1.53. The minimum Gasteiger partial charge on any atom is -0.479 e. The molecule has 78 valence electrons. The fourth-order valence-electron chi connectivity index (χ4n) is 1.36. The van der Waals surface area contributed by atoms with Crippen molar-refractivity contribution in [2.24, 2.45) is 0 Å². The van der Waals surface area contributed by atoms with E-state index in [1.165, 1.54) is 12.1 Å². The molecule has 5 N–H and O–H groups in total. The molecule has 0 saturated carbocycles. The fraction of sp³-hybridized carbons (Fsp3) is 0.111. The number of fused-ring (bicyclic) bond motifs is 1. The minimum absolute atomic E-state index is 0.256. The van der Waals surface area contributed by atoms with Crippen molar-refractivity contribution in [2.45, 2.75) is 6.10 Å². The second kappa shape index (κ2) is 3.25. The molecule has 0 aliphatic carbocycles. The molecule has 6 nitrogen and oxygen atoms in total. The topological polar surface area (TPSA) is 112 Å². The first kappa shape index (κ1) is 9.47. The maximum atomic E-state index is 10.5. The summed E-state index contributed by atoms with van der Waals surface area (Å²) in [7, 11) is 0. The van der Waals surface area contributed by atoms with Gasteiger partial charge in [0, 0.05) is 0 Å². The number of nitrogens with one attached hydrogen (secondary N) is 1. The van der Waals surface area contributed by atoms with Crippen LogP contribution in [0, 0.1) is 0 Å². The van der Waals surface area contributed by atoms with Crippen LogP contribution in [0.25, 0.3) is 11.0 Å². The lowest BCUT2D eigenvalue weighted by atomic mass is 10.1. The molecule has 0 spiro atoms. The van der Waals surface area contributed by atoms with Crippen molar-refractivity contribution in [2.75, 3.05) is 5.73 Å². The standard InChI is InChI=1S/C9H9N3O3/c10-9-11-5-2-1-4(3-6(5)12-9)7(13)8(14)15/h1-3,7,13H,(H,14,15)(H3,10,11,12). The molecule has 0 aliphatic rings. The van der Waals surface area contributed by atoms with Crippen molar-refractivity contribution in [1.29, 1.82) is 0 Å². The Morgan fingerprint density at radius 2 is 2.27 bits per heavy atom. The Morgan fingerprint density at radius 1 is 1.53 bits per heavy atom. The average molecular weight is 207 g/mol. The average Bonchev–Trinajstić information content (AvgIpc) is 2.55. The van der Waals surface area contributed by atoms with E-state index in [1.54, 1.807) is 6.07 Å². The highest BCUT2D eigenvalue weighted by molar-refractivity contribution is 5.81. The first-order valence-corrected chi connectivity index (χ1v) is 4.24. The lowest BCUT2D eigenvalue weighted by molar-refractivity contribution is -0.146. The highest BCUT2D eigenvalue weighted by atomic mass is 16.4. The number of anilines is 1. The van der Waals surface area contributed by atoms with Gasteiger partial charge in [-0.15, -0.1) is 0 Å². The largest absolute Gasteiger partial charge is 0.479 e. The van der Waals surface area contributed by atoms with Gasteiger partial charge in [-0.25, -0.2) is 9.78 Å². The van der Waals surface area contributed by atoms with Crippen LogP contribution in [-0.4, -0.2) is 26.2 Å². The number of benzene rings is 1. The number of carboxylic acid groups (broad SMARTS) is 1. The van der Waals surface area contributed by atoms with Crippen LogP contribution in [0.4, 0.5) is 5.95 Å². The Balaban J connectivity index is 2.50. The fourth-order valence-corrected chi connectivity index (χ4v) is 1.36. The van der Waals surface area contributed by atoms with Gasteiger partial charge in [0.2, 0.25) is 0 Å². The van der Waals surface area contributed by atoms with Gasteiger partial charge >= 0.3 is 5.97 Å². The predicted molar refractivity (Wildman–Crippen MR) is 53.1 cm³/mol. The zero-order valence-electron chi connectivity index (χ0n) is 7.64. The number of aromatic amines is 1. The van der Waals surface area contributed by atoms with Gasteiger partial charge in [-0.1, -0.05) is 6.07 Å². The van der Waals surface area contributed by atoms with Crippen LogP contribution in [0.2, 0.25) is 0 Å². The Bertz CT molecular complexity index is 520. The van der Waals surface area contributed by atoms with Crippen LogP contribution in [-0.2, 0) is 4.79 Å². The van der Waals surface area contributed by atoms with E-state index in [2.05, 4.69) is 9.97 Å². The molecule has 0 radical (unpaired) electrons. The number of hydrogen-bond acceptors (Lipinski definition) is 4. The lowest BCUT2D eigenvalue weighted by Crippen LogP contribution is -2.10. The van der Waals surface area contributed by atoms with E-state index in [1.807, 2.05) is 0 Å². The molecule has 1 heterocycles. The van der Waals surface area contributed by atoms with Crippen molar-refractivity contribution in [3.63, 3.8) is 0 Å². The molecule has 1 unspecified atom stereocenters. The van der Waals surface area contributed by atoms with Crippen LogP contribution in [0.3, 0.4) is 0 Å². The molecule has 0 fully saturated rings. The van der Waals surface area contributed by atoms with E-state index >= 15 is 0 Å². The summed E-state index contributed by atoms with van der Waals surface area (Å²) in [5, 5.41) is 17.9. The first-order chi connectivity index (χ1) is 7.08. The van der Waals surface area contributed by atoms with E-state index in [0.717, 1.165) is 0 Å². The van der Waals surface area contributed by atoms with Gasteiger partial charge in [-0.05, 0) is 17.7 Å². The van der Waals surface area contributed by atoms with Gasteiger partial charge in [0.05, 0.1) is 11.0 Å². The Labute approximate surface area is 84.4 Å². The lowest BCUT2D eigenvalue weighted by Gasteiger charge is -2.04. The number of nitrogens with zero attached hydrogens (tertiary/aromatic N) is 1. The number of nitrogen functional groups attached to an aromatic ring is 1. The van der Waals surface area contributed by atoms with Crippen molar-refractivity contribution in [1.82, 2.24) is 9.97 Å². The molecule has 2 rings (SSSR count). The maximum Gasteiger partial charge on any atom is 0.337 e. The van der Waals surface area contributed by atoms with Crippen LogP contribution in [0.1, 0.15) is 11.7 Å². The summed E-state index contributed by atoms with van der Waals surface area (Å²) in [4.78, 5) is 17.2. The third-order valence-corrected chi connectivity index (χ3v) is 2.07. The van der Waals surface area contributed by atoms with Crippen LogP contribution >= 0.6 is 0 Å². The normalized spacial score (nSPS) is 12.9. The number of rotatable bonds is 2. The number of aliphatic carboxylic acids is 1. The molecule has 0 saturated heterocycles. The highest BCUT2D eigenvalue weighted by Gasteiger charge is 2.16. The number of aromatic nitrogens is 2. The molecule has 0 amide bonds. The molecule has 0 aliphatic heterocycles. The number of imidazole rings is 1. The number of carbonyl (C=O) groups is 1. The third kappa shape index (κ3) is 1.62. The van der Waals surface area contributed by atoms with Crippen molar-refractivity contribution in [3.05, 3.63) is 23.8 Å². The third-order valence-electron chi connectivity index (χ3n) is 2.07. The predicted octanol–water partition coefficient (Wildman–Crippen LogP) is 0.263. The van der Waals surface area contributed by atoms with E-state index in [0.29, 0.717) is 16.6 Å². The summed E-state index contributed by atoms with van der Waals surface area (Å²) in [5.41, 5.74) is 6.96. The first-order valence-electron chi connectivity index (χ1n) is 4.24. The van der Waals surface area contributed by atoms with Crippen molar-refractivity contribution >= 4 is 23.0 Å². The van der Waals surface area contributed by atoms with E-state index in [4.69, 9.17) is 10.8 Å². The zero-order chi connectivity index (χ0) is 11.0. The van der Waals surface area contributed by atoms with Gasteiger partial charge < -0.3 is 20.9 Å². The molecule has 15 heavy (non-hydrogen) atoms. The molecule has 1 aromatic carbocycles. The Kier molecular flexibility index (Phi) is 2.05. The molecule has 1 aromatic heterocycles. The summed E-state index contributed by atoms with van der Waals surface area (Å²) in [6, 6.07) is 4.61. The molecule has 0 bridgehead atoms. The zero-order valence-corrected chi connectivity index (χ0v) is 7.64. The second-order valence-electron chi connectivity index (χ2n) is 3.14. The number of hydrogen-bond donors (Lipinski definition) is 4. The van der Waals surface area contributed by atoms with E-state index in [9.17, 15) is 9.90 Å². The summed E-state index contributed by atoms with van der Waals surface area (Å²) in [5.74, 6) is -1.03. The van der Waals surface area contributed by atoms with Crippen LogP contribution in [0.5, 0.6) is 0 Å². The number of aliphatic hydroxyl groups excluding tert-OH is 1. The SMILES string of the molecule is Nc1nc2ccc(C(O)C(=O)O)cc2[nH]1. The van der Waals surface area contributed by atoms with E-state index in [-0.39, 0.29) is 5.95 Å². The summed E-state index contributed by atoms with van der Waals surface area (Å²) >= 11 is 0. The summed E-state index contributed by atoms with van der Waals surface area (Å²) in [6.45, 7) is 0. The van der Waals surface area contributed by atoms with Crippen LogP contribution in [0.15, 0.2) is 18.2 Å². The Hall–Kier alpha value is -2.08. The molecule has 6 heteroatoms. The van der Waals surface area contributed by atoms with E-state index < -0.39 is 12.1 Å². The smallest absolute Gasteiger partial charge is 0.337 e. The molecule has 1 atom stereocenters. The molecular formula is C9H9N3O3. The number of nitrogens with two attached hydrogens (primary N) is 1. The molecular weight excluding hydrogens is 198 g/mol. The van der Waals surface area contributed by atoms with Crippen LogP contribution < -0.4 is 5.73 Å². The number of carboxylic acids is 1. The van der Waals surface area contributed by atoms with Gasteiger partial charge in [-0.2, -0.15) is 0 Å². The van der Waals surface area contributed by atoms with Crippen molar-refractivity contribution in [3.8, 4) is 0 Å². The maximum absolute atomic E-state index is 10.5. The second-order valence-corrected chi connectivity index (χ2v) is 3.14. The van der Waals surface area contributed by atoms with Gasteiger partial charge in [0.1, 0.15) is 0 Å². The van der Waals surface area contributed by atoms with Gasteiger partial charge in [0.25, 0.3) is 0 Å². The van der Waals surface area contributed by atoms with Gasteiger partial charge in [0.15, 0.2) is 12.1 Å². The Morgan fingerprint density at radius 3 is 2.93 bits per heavy atom. The number of aliphatic hydroxyl groups is 1. The van der Waals surface area contributed by atoms with Crippen molar-refractivity contribution < 1.29 is 15.0 Å². The highest BCUT2D eigenvalue weighted by Crippen LogP contribution is 2.19. The quantitative estimate of drug-likeness (QED) is 0.564. The molecule has 2 aromatic rings.